The molecule has 2 amide bonds. The molecule has 134 valence electrons. The monoisotopic (exact) mass is 343 g/mol. The molecule has 3 rings (SSSR count). The van der Waals surface area contributed by atoms with Crippen LogP contribution < -0.4 is 0 Å². The lowest BCUT2D eigenvalue weighted by molar-refractivity contribution is -0.147. The molecule has 0 saturated carbocycles. The van der Waals surface area contributed by atoms with Crippen LogP contribution in [0.3, 0.4) is 0 Å². The molecule has 1 aromatic rings. The minimum absolute atomic E-state index is 0.0104. The molecule has 6 heteroatoms. The van der Waals surface area contributed by atoms with Gasteiger partial charge in [0, 0.05) is 32.4 Å². The van der Waals surface area contributed by atoms with Gasteiger partial charge in [0.05, 0.1) is 24.5 Å². The summed E-state index contributed by atoms with van der Waals surface area (Å²) < 4.78 is 5.62. The largest absolute Gasteiger partial charge is 0.372 e. The lowest BCUT2D eigenvalue weighted by Crippen LogP contribution is -2.50. The van der Waals surface area contributed by atoms with Gasteiger partial charge in [0.15, 0.2) is 0 Å². The Morgan fingerprint density at radius 2 is 1.84 bits per heavy atom. The highest BCUT2D eigenvalue weighted by molar-refractivity contribution is 6.02. The van der Waals surface area contributed by atoms with Gasteiger partial charge in [-0.3, -0.25) is 9.59 Å². The molecule has 1 aromatic carbocycles. The van der Waals surface area contributed by atoms with E-state index in [9.17, 15) is 9.59 Å². The molecule has 2 aliphatic heterocycles. The summed E-state index contributed by atoms with van der Waals surface area (Å²) in [6, 6.07) is 9.88. The molecule has 0 aliphatic carbocycles. The molecule has 0 spiro atoms. The van der Waals surface area contributed by atoms with Crippen LogP contribution in [0, 0.1) is 0 Å². The van der Waals surface area contributed by atoms with E-state index < -0.39 is 0 Å². The van der Waals surface area contributed by atoms with Crippen molar-refractivity contribution >= 4 is 17.5 Å². The summed E-state index contributed by atoms with van der Waals surface area (Å²) >= 11 is 0. The first-order valence-corrected chi connectivity index (χ1v) is 8.80. The second kappa shape index (κ2) is 7.35. The third-order valence-corrected chi connectivity index (χ3v) is 4.53. The summed E-state index contributed by atoms with van der Waals surface area (Å²) in [4.78, 5) is 26.5. The van der Waals surface area contributed by atoms with E-state index >= 15 is 0 Å². The highest BCUT2D eigenvalue weighted by Crippen LogP contribution is 2.18. The SMILES string of the molecule is CC1(C)CN(C(=O)CCC(=O)N2CCC(c3ccccc3)=N2)CCO1. The van der Waals surface area contributed by atoms with Crippen LogP contribution in [0.25, 0.3) is 0 Å². The number of carbonyl (C=O) groups is 2. The van der Waals surface area contributed by atoms with Gasteiger partial charge in [-0.25, -0.2) is 5.01 Å². The number of amides is 2. The number of hydrogen-bond acceptors (Lipinski definition) is 4. The summed E-state index contributed by atoms with van der Waals surface area (Å²) in [5.74, 6) is -0.0806. The molecule has 1 saturated heterocycles. The van der Waals surface area contributed by atoms with E-state index in [4.69, 9.17) is 4.74 Å². The molecule has 0 aromatic heterocycles. The minimum atomic E-state index is -0.318. The van der Waals surface area contributed by atoms with Crippen LogP contribution in [0.2, 0.25) is 0 Å². The number of ether oxygens (including phenoxy) is 1. The maximum atomic E-state index is 12.4. The average molecular weight is 343 g/mol. The Hall–Kier alpha value is -2.21. The molecule has 0 unspecified atom stereocenters. The van der Waals surface area contributed by atoms with Gasteiger partial charge in [0.25, 0.3) is 0 Å². The van der Waals surface area contributed by atoms with Crippen molar-refractivity contribution in [2.45, 2.75) is 38.7 Å². The van der Waals surface area contributed by atoms with E-state index in [1.54, 1.807) is 4.90 Å². The first-order chi connectivity index (χ1) is 11.9. The number of hydrazone groups is 1. The van der Waals surface area contributed by atoms with Crippen molar-refractivity contribution in [3.8, 4) is 0 Å². The van der Waals surface area contributed by atoms with Crippen molar-refractivity contribution in [2.75, 3.05) is 26.2 Å². The Labute approximate surface area is 148 Å². The third-order valence-electron chi connectivity index (χ3n) is 4.53. The van der Waals surface area contributed by atoms with Crippen LogP contribution in [-0.4, -0.2) is 59.3 Å². The quantitative estimate of drug-likeness (QED) is 0.840. The molecule has 0 bridgehead atoms. The Morgan fingerprint density at radius 3 is 2.56 bits per heavy atom. The molecule has 2 aliphatic rings. The van der Waals surface area contributed by atoms with Crippen molar-refractivity contribution in [3.05, 3.63) is 35.9 Å². The van der Waals surface area contributed by atoms with Crippen LogP contribution in [0.15, 0.2) is 35.4 Å². The standard InChI is InChI=1S/C19H25N3O3/c1-19(2)14-21(12-13-25-19)17(23)8-9-18(24)22-11-10-16(20-22)15-6-4-3-5-7-15/h3-7H,8-14H2,1-2H3. The van der Waals surface area contributed by atoms with Gasteiger partial charge < -0.3 is 9.64 Å². The summed E-state index contributed by atoms with van der Waals surface area (Å²) in [7, 11) is 0. The van der Waals surface area contributed by atoms with E-state index in [0.717, 1.165) is 17.7 Å². The topological polar surface area (TPSA) is 62.2 Å². The zero-order valence-corrected chi connectivity index (χ0v) is 14.9. The van der Waals surface area contributed by atoms with Crippen LogP contribution in [-0.2, 0) is 14.3 Å². The van der Waals surface area contributed by atoms with Gasteiger partial charge in [0.2, 0.25) is 11.8 Å². The molecular weight excluding hydrogens is 318 g/mol. The van der Waals surface area contributed by atoms with E-state index in [1.807, 2.05) is 44.2 Å². The normalized spacial score (nSPS) is 19.7. The van der Waals surface area contributed by atoms with Gasteiger partial charge in [-0.05, 0) is 19.4 Å². The lowest BCUT2D eigenvalue weighted by atomic mass is 10.1. The van der Waals surface area contributed by atoms with Gasteiger partial charge in [0.1, 0.15) is 0 Å². The number of rotatable bonds is 4. The molecule has 1 fully saturated rings. The van der Waals surface area contributed by atoms with Crippen LogP contribution in [0.4, 0.5) is 0 Å². The Bertz CT molecular complexity index is 670. The fourth-order valence-corrected chi connectivity index (χ4v) is 3.20. The summed E-state index contributed by atoms with van der Waals surface area (Å²) in [6.07, 6.45) is 1.17. The molecular formula is C19H25N3O3. The number of nitrogens with zero attached hydrogens (tertiary/aromatic N) is 3. The van der Waals surface area contributed by atoms with Crippen molar-refractivity contribution in [1.29, 1.82) is 0 Å². The maximum absolute atomic E-state index is 12.4. The average Bonchev–Trinajstić information content (AvgIpc) is 3.09. The van der Waals surface area contributed by atoms with Gasteiger partial charge in [-0.1, -0.05) is 30.3 Å². The summed E-state index contributed by atoms with van der Waals surface area (Å²) in [5.41, 5.74) is 1.65. The number of benzene rings is 1. The van der Waals surface area contributed by atoms with Gasteiger partial charge in [-0.15, -0.1) is 0 Å². The highest BCUT2D eigenvalue weighted by atomic mass is 16.5. The molecule has 0 atom stereocenters. The zero-order chi connectivity index (χ0) is 17.9. The number of hydrogen-bond donors (Lipinski definition) is 0. The fourth-order valence-electron chi connectivity index (χ4n) is 3.20. The Kier molecular flexibility index (Phi) is 5.18. The first-order valence-electron chi connectivity index (χ1n) is 8.80. The van der Waals surface area contributed by atoms with Crippen LogP contribution in [0.5, 0.6) is 0 Å². The second-order valence-corrected chi connectivity index (χ2v) is 7.10. The summed E-state index contributed by atoms with van der Waals surface area (Å²) in [6.45, 7) is 6.24. The van der Waals surface area contributed by atoms with Gasteiger partial charge in [-0.2, -0.15) is 5.10 Å². The van der Waals surface area contributed by atoms with Crippen molar-refractivity contribution in [2.24, 2.45) is 5.10 Å². The molecule has 0 N–H and O–H groups in total. The van der Waals surface area contributed by atoms with E-state index in [-0.39, 0.29) is 30.3 Å². The van der Waals surface area contributed by atoms with Crippen LogP contribution in [0.1, 0.15) is 38.7 Å². The third kappa shape index (κ3) is 4.45. The van der Waals surface area contributed by atoms with Crippen LogP contribution >= 0.6 is 0 Å². The predicted molar refractivity (Wildman–Crippen MR) is 95.2 cm³/mol. The molecule has 0 radical (unpaired) electrons. The highest BCUT2D eigenvalue weighted by Gasteiger charge is 2.30. The summed E-state index contributed by atoms with van der Waals surface area (Å²) in [5, 5.41) is 5.93. The lowest BCUT2D eigenvalue weighted by Gasteiger charge is -2.38. The number of carbonyl (C=O) groups excluding carboxylic acids is 2. The van der Waals surface area contributed by atoms with E-state index in [1.165, 1.54) is 5.01 Å². The predicted octanol–water partition coefficient (Wildman–Crippen LogP) is 2.04. The van der Waals surface area contributed by atoms with Crippen molar-refractivity contribution < 1.29 is 14.3 Å². The van der Waals surface area contributed by atoms with E-state index in [0.29, 0.717) is 26.2 Å². The van der Waals surface area contributed by atoms with Gasteiger partial charge >= 0.3 is 0 Å². The maximum Gasteiger partial charge on any atom is 0.243 e. The fraction of sp³-hybridized carbons (Fsp3) is 0.526. The minimum Gasteiger partial charge on any atom is -0.372 e. The zero-order valence-electron chi connectivity index (χ0n) is 14.9. The van der Waals surface area contributed by atoms with Crippen molar-refractivity contribution in [3.63, 3.8) is 0 Å². The number of morpholine rings is 1. The second-order valence-electron chi connectivity index (χ2n) is 7.10. The van der Waals surface area contributed by atoms with Crippen molar-refractivity contribution in [1.82, 2.24) is 9.91 Å². The molecule has 6 nitrogen and oxygen atoms in total. The Morgan fingerprint density at radius 1 is 1.12 bits per heavy atom. The molecule has 2 heterocycles. The molecule has 25 heavy (non-hydrogen) atoms. The van der Waals surface area contributed by atoms with E-state index in [2.05, 4.69) is 5.10 Å². The first kappa shape index (κ1) is 17.6. The smallest absolute Gasteiger partial charge is 0.243 e. The Balaban J connectivity index is 1.51.